The van der Waals surface area contributed by atoms with Crippen LogP contribution in [0.15, 0.2) is 175 Å². The summed E-state index contributed by atoms with van der Waals surface area (Å²) in [6.07, 6.45) is 14.3. The molecule has 11 rings (SSSR count). The van der Waals surface area contributed by atoms with E-state index in [1.807, 2.05) is 60.8 Å². The summed E-state index contributed by atoms with van der Waals surface area (Å²) in [4.78, 5) is 32.6. The maximum absolute atomic E-state index is 7.19. The highest BCUT2D eigenvalue weighted by Crippen LogP contribution is 2.65. The van der Waals surface area contributed by atoms with E-state index in [1.54, 1.807) is 37.2 Å². The van der Waals surface area contributed by atoms with Crippen molar-refractivity contribution < 1.29 is 4.42 Å². The topological polar surface area (TPSA) is 135 Å². The zero-order valence-corrected chi connectivity index (χ0v) is 30.3. The number of para-hydroxylation sites is 2. The van der Waals surface area contributed by atoms with E-state index in [0.29, 0.717) is 28.5 Å². The normalized spacial score (nSPS) is 17.2. The van der Waals surface area contributed by atoms with Crippen LogP contribution in [-0.2, 0) is 5.41 Å². The monoisotopic (exact) mass is 737 g/mol. The van der Waals surface area contributed by atoms with E-state index in [2.05, 4.69) is 93.0 Å². The minimum Gasteiger partial charge on any atom is -0.460 e. The summed E-state index contributed by atoms with van der Waals surface area (Å²) < 4.78 is 7.19. The van der Waals surface area contributed by atoms with Crippen molar-refractivity contribution in [2.75, 3.05) is 0 Å². The molecule has 2 unspecified atom stereocenters. The van der Waals surface area contributed by atoms with Gasteiger partial charge < -0.3 is 14.4 Å². The van der Waals surface area contributed by atoms with Crippen LogP contribution >= 0.6 is 0 Å². The van der Waals surface area contributed by atoms with Crippen molar-refractivity contribution in [2.45, 2.75) is 11.3 Å². The summed E-state index contributed by atoms with van der Waals surface area (Å²) in [5, 5.41) is 13.5. The Morgan fingerprint density at radius 3 is 2.21 bits per heavy atom. The highest BCUT2D eigenvalue weighted by atomic mass is 16.3. The molecule has 2 atom stereocenters. The van der Waals surface area contributed by atoms with E-state index in [4.69, 9.17) is 29.5 Å². The predicted octanol–water partition coefficient (Wildman–Crippen LogP) is 9.47. The van der Waals surface area contributed by atoms with Crippen molar-refractivity contribution in [3.63, 3.8) is 0 Å². The van der Waals surface area contributed by atoms with Crippen LogP contribution in [0.25, 0.3) is 54.9 Å². The van der Waals surface area contributed by atoms with Crippen LogP contribution in [0.4, 0.5) is 0 Å². The van der Waals surface area contributed by atoms with E-state index in [9.17, 15) is 0 Å². The molecule has 1 aliphatic rings. The molecule has 270 valence electrons. The summed E-state index contributed by atoms with van der Waals surface area (Å²) in [7, 11) is 0. The molecule has 7 aromatic heterocycles. The fourth-order valence-electron chi connectivity index (χ4n) is 8.72. The van der Waals surface area contributed by atoms with Gasteiger partial charge in [0.2, 0.25) is 0 Å². The Morgan fingerprint density at radius 1 is 0.614 bits per heavy atom. The van der Waals surface area contributed by atoms with Crippen LogP contribution in [0.1, 0.15) is 46.0 Å². The van der Waals surface area contributed by atoms with E-state index < -0.39 is 11.3 Å². The van der Waals surface area contributed by atoms with Crippen LogP contribution < -0.4 is 0 Å². The van der Waals surface area contributed by atoms with Crippen LogP contribution in [0.3, 0.4) is 0 Å². The second kappa shape index (κ2) is 13.2. The van der Waals surface area contributed by atoms with Crippen LogP contribution in [0.2, 0.25) is 0 Å². The molecule has 2 N–H and O–H groups in total. The SMILES string of the molecule is c1ccc(C2(c3cc4ccccc4o3)C(c3cccnn3)=C(c3ncccn3)C(c3cnccn3)=C(c3cc4ccccc4[nH]3)C2c2[nH]cc3ccccc23)nc1. The van der Waals surface area contributed by atoms with E-state index in [0.717, 1.165) is 66.4 Å². The Bertz CT molecular complexity index is 3070. The van der Waals surface area contributed by atoms with Gasteiger partial charge in [-0.1, -0.05) is 66.7 Å². The number of hydrogen-bond donors (Lipinski definition) is 2. The van der Waals surface area contributed by atoms with Gasteiger partial charge in [0.25, 0.3) is 0 Å². The van der Waals surface area contributed by atoms with Crippen molar-refractivity contribution in [3.8, 4) is 0 Å². The number of pyridine rings is 1. The van der Waals surface area contributed by atoms with Gasteiger partial charge in [0, 0.05) is 87.8 Å². The molecule has 10 aromatic rings. The van der Waals surface area contributed by atoms with Gasteiger partial charge in [0.1, 0.15) is 16.8 Å². The van der Waals surface area contributed by atoms with Gasteiger partial charge in [-0.3, -0.25) is 15.0 Å². The lowest BCUT2D eigenvalue weighted by atomic mass is 9.55. The number of nitrogens with zero attached hydrogens (tertiary/aromatic N) is 7. The molecule has 57 heavy (non-hydrogen) atoms. The number of aromatic amines is 2. The maximum atomic E-state index is 7.19. The fourth-order valence-corrected chi connectivity index (χ4v) is 8.72. The van der Waals surface area contributed by atoms with Gasteiger partial charge >= 0.3 is 0 Å². The molecule has 10 nitrogen and oxygen atoms in total. The Hall–Kier alpha value is -7.85. The molecule has 0 spiro atoms. The molecule has 0 fully saturated rings. The van der Waals surface area contributed by atoms with Crippen LogP contribution in [-0.4, -0.2) is 45.1 Å². The van der Waals surface area contributed by atoms with E-state index >= 15 is 0 Å². The van der Waals surface area contributed by atoms with Gasteiger partial charge in [-0.15, -0.1) is 0 Å². The van der Waals surface area contributed by atoms with Gasteiger partial charge in [0.15, 0.2) is 5.82 Å². The van der Waals surface area contributed by atoms with Gasteiger partial charge in [-0.05, 0) is 70.9 Å². The minimum atomic E-state index is -1.25. The van der Waals surface area contributed by atoms with Crippen molar-refractivity contribution >= 4 is 54.9 Å². The van der Waals surface area contributed by atoms with Crippen LogP contribution in [0, 0.1) is 0 Å². The Labute approximate surface area is 325 Å². The number of furan rings is 1. The number of hydrogen-bond acceptors (Lipinski definition) is 8. The number of nitrogens with one attached hydrogen (secondary N) is 2. The van der Waals surface area contributed by atoms with Crippen molar-refractivity contribution in [1.29, 1.82) is 0 Å². The largest absolute Gasteiger partial charge is 0.460 e. The molecule has 10 heteroatoms. The molecule has 0 amide bonds. The van der Waals surface area contributed by atoms with Gasteiger partial charge in [0.05, 0.1) is 29.2 Å². The van der Waals surface area contributed by atoms with E-state index in [1.165, 1.54) is 0 Å². The zero-order chi connectivity index (χ0) is 37.8. The standard InChI is InChI=1S/C47H31N9O/c1-4-14-32-31(13-1)27-53-45(32)44-41(35-25-29-11-2-5-15-33(29)55-35)40(36-28-48-23-24-49-36)42(46-51-20-10-21-52-46)43(34-16-9-22-54-56-34)47(44,38-18-7-8-19-50-38)39-26-30-12-3-6-17-37(30)57-39/h1-28,44,53,55H. The third kappa shape index (κ3) is 5.08. The number of H-pyrrole nitrogens is 2. The maximum Gasteiger partial charge on any atom is 0.160 e. The number of fused-ring (bicyclic) bond motifs is 3. The summed E-state index contributed by atoms with van der Waals surface area (Å²) >= 11 is 0. The number of aromatic nitrogens is 9. The Kier molecular flexibility index (Phi) is 7.53. The minimum absolute atomic E-state index is 0.471. The Morgan fingerprint density at radius 2 is 1.42 bits per heavy atom. The molecular weight excluding hydrogens is 707 g/mol. The number of allylic oxidation sites excluding steroid dienone is 4. The Balaban J connectivity index is 1.45. The quantitative estimate of drug-likeness (QED) is 0.165. The van der Waals surface area contributed by atoms with Crippen molar-refractivity contribution in [1.82, 2.24) is 45.1 Å². The summed E-state index contributed by atoms with van der Waals surface area (Å²) in [5.74, 6) is 0.549. The highest BCUT2D eigenvalue weighted by molar-refractivity contribution is 6.25. The summed E-state index contributed by atoms with van der Waals surface area (Å²) in [6.45, 7) is 0. The lowest BCUT2D eigenvalue weighted by Crippen LogP contribution is -2.41. The van der Waals surface area contributed by atoms with Gasteiger partial charge in [-0.2, -0.15) is 10.2 Å². The lowest BCUT2D eigenvalue weighted by Gasteiger charge is -2.46. The molecule has 0 saturated carbocycles. The molecule has 1 aliphatic carbocycles. The zero-order valence-electron chi connectivity index (χ0n) is 30.3. The second-order valence-corrected chi connectivity index (χ2v) is 14.0. The third-order valence-electron chi connectivity index (χ3n) is 10.9. The predicted molar refractivity (Wildman–Crippen MR) is 220 cm³/mol. The molecule has 7 heterocycles. The van der Waals surface area contributed by atoms with Crippen molar-refractivity contribution in [3.05, 3.63) is 211 Å². The summed E-state index contributed by atoms with van der Waals surface area (Å²) in [6, 6.07) is 40.9. The third-order valence-corrected chi connectivity index (χ3v) is 10.9. The first kappa shape index (κ1) is 32.6. The van der Waals surface area contributed by atoms with E-state index in [-0.39, 0.29) is 0 Å². The van der Waals surface area contributed by atoms with Crippen LogP contribution in [0.5, 0.6) is 0 Å². The molecule has 0 aliphatic heterocycles. The average Bonchev–Trinajstić information content (AvgIpc) is 4.04. The molecule has 0 bridgehead atoms. The number of rotatable bonds is 7. The fraction of sp³-hybridized carbons (Fsp3) is 0.0426. The van der Waals surface area contributed by atoms with Crippen molar-refractivity contribution in [2.24, 2.45) is 0 Å². The number of benzene rings is 3. The van der Waals surface area contributed by atoms with Gasteiger partial charge in [-0.25, -0.2) is 9.97 Å². The molecule has 0 saturated heterocycles. The second-order valence-electron chi connectivity index (χ2n) is 14.0. The first-order valence-corrected chi connectivity index (χ1v) is 18.6. The summed E-state index contributed by atoms with van der Waals surface area (Å²) in [5.41, 5.74) is 7.42. The molecular formula is C47H31N9O. The average molecular weight is 738 g/mol. The molecule has 3 aromatic carbocycles. The first-order chi connectivity index (χ1) is 28.3. The molecule has 0 radical (unpaired) electrons. The highest BCUT2D eigenvalue weighted by Gasteiger charge is 2.58. The lowest BCUT2D eigenvalue weighted by molar-refractivity contribution is 0.436. The smallest absolute Gasteiger partial charge is 0.160 e. The first-order valence-electron chi connectivity index (χ1n) is 18.6.